The van der Waals surface area contributed by atoms with E-state index in [9.17, 15) is 4.79 Å². The van der Waals surface area contributed by atoms with E-state index >= 15 is 0 Å². The van der Waals surface area contributed by atoms with Crippen LogP contribution in [-0.4, -0.2) is 28.4 Å². The lowest BCUT2D eigenvalue weighted by Gasteiger charge is -2.33. The topological polar surface area (TPSA) is 54.5 Å². The SMILES string of the molecule is Cc1ccc(OCc2nc(CC(=O)Nc3ccc(CN4CCCCC4C)cc3)cs2)cc1. The molecule has 2 aromatic carbocycles. The van der Waals surface area contributed by atoms with Gasteiger partial charge in [0.05, 0.1) is 12.1 Å². The van der Waals surface area contributed by atoms with Crippen LogP contribution in [0, 0.1) is 6.92 Å². The van der Waals surface area contributed by atoms with E-state index in [1.807, 2.05) is 48.7 Å². The Bertz CT molecular complexity index is 1010. The zero-order chi connectivity index (χ0) is 22.3. The van der Waals surface area contributed by atoms with Gasteiger partial charge in [-0.2, -0.15) is 0 Å². The maximum absolute atomic E-state index is 12.5. The smallest absolute Gasteiger partial charge is 0.230 e. The normalized spacial score (nSPS) is 16.6. The lowest BCUT2D eigenvalue weighted by molar-refractivity contribution is -0.115. The molecule has 5 nitrogen and oxygen atoms in total. The number of hydrogen-bond acceptors (Lipinski definition) is 5. The van der Waals surface area contributed by atoms with Gasteiger partial charge in [-0.25, -0.2) is 4.98 Å². The number of likely N-dealkylation sites (tertiary alicyclic amines) is 1. The maximum atomic E-state index is 12.5. The maximum Gasteiger partial charge on any atom is 0.230 e. The largest absolute Gasteiger partial charge is 0.486 e. The number of piperidine rings is 1. The minimum absolute atomic E-state index is 0.0568. The highest BCUT2D eigenvalue weighted by Gasteiger charge is 2.18. The number of anilines is 1. The average molecular weight is 450 g/mol. The van der Waals surface area contributed by atoms with Crippen molar-refractivity contribution in [1.82, 2.24) is 9.88 Å². The molecule has 1 amide bonds. The highest BCUT2D eigenvalue weighted by atomic mass is 32.1. The van der Waals surface area contributed by atoms with Gasteiger partial charge < -0.3 is 10.1 Å². The Hall–Kier alpha value is -2.70. The molecule has 1 N–H and O–H groups in total. The first-order chi connectivity index (χ1) is 15.5. The molecule has 1 aliphatic heterocycles. The molecule has 6 heteroatoms. The Balaban J connectivity index is 1.24. The summed E-state index contributed by atoms with van der Waals surface area (Å²) in [6.45, 7) is 6.91. The molecule has 1 aromatic heterocycles. The predicted molar refractivity (Wildman–Crippen MR) is 130 cm³/mol. The molecule has 0 bridgehead atoms. The van der Waals surface area contributed by atoms with Crippen molar-refractivity contribution in [3.63, 3.8) is 0 Å². The second-order valence-electron chi connectivity index (χ2n) is 8.57. The first kappa shape index (κ1) is 22.5. The van der Waals surface area contributed by atoms with E-state index in [4.69, 9.17) is 4.74 Å². The molecule has 1 fully saturated rings. The van der Waals surface area contributed by atoms with Crippen molar-refractivity contribution in [3.05, 3.63) is 75.7 Å². The van der Waals surface area contributed by atoms with Crippen LogP contribution in [-0.2, 0) is 24.4 Å². The lowest BCUT2D eigenvalue weighted by Crippen LogP contribution is -2.36. The average Bonchev–Trinajstić information content (AvgIpc) is 3.23. The number of rotatable bonds is 8. The number of thiazole rings is 1. The van der Waals surface area contributed by atoms with Crippen molar-refractivity contribution in [3.8, 4) is 5.75 Å². The van der Waals surface area contributed by atoms with Crippen molar-refractivity contribution in [2.24, 2.45) is 0 Å². The van der Waals surface area contributed by atoms with Crippen LogP contribution in [0.2, 0.25) is 0 Å². The van der Waals surface area contributed by atoms with Crippen LogP contribution in [0.5, 0.6) is 5.75 Å². The molecule has 1 aliphatic rings. The molecule has 0 saturated carbocycles. The molecular formula is C26H31N3O2S. The van der Waals surface area contributed by atoms with Crippen LogP contribution in [0.15, 0.2) is 53.9 Å². The van der Waals surface area contributed by atoms with Crippen LogP contribution in [0.1, 0.15) is 48.0 Å². The van der Waals surface area contributed by atoms with E-state index in [2.05, 4.69) is 34.3 Å². The van der Waals surface area contributed by atoms with E-state index in [0.29, 0.717) is 12.6 Å². The second kappa shape index (κ2) is 10.7. The predicted octanol–water partition coefficient (Wildman–Crippen LogP) is 5.59. The molecule has 3 aromatic rings. The Morgan fingerprint density at radius 1 is 1.16 bits per heavy atom. The number of nitrogens with one attached hydrogen (secondary N) is 1. The van der Waals surface area contributed by atoms with Gasteiger partial charge in [-0.1, -0.05) is 36.2 Å². The summed E-state index contributed by atoms with van der Waals surface area (Å²) in [5.41, 5.74) is 4.08. The van der Waals surface area contributed by atoms with Crippen LogP contribution < -0.4 is 10.1 Å². The van der Waals surface area contributed by atoms with E-state index < -0.39 is 0 Å². The standard InChI is InChI=1S/C26H31N3O2S/c1-19-6-12-24(13-7-19)31-17-26-28-23(18-32-26)15-25(30)27-22-10-8-21(9-11-22)16-29-14-4-3-5-20(29)2/h6-13,18,20H,3-5,14-17H2,1-2H3,(H,27,30). The molecule has 1 saturated heterocycles. The van der Waals surface area contributed by atoms with Gasteiger partial charge in [0, 0.05) is 23.7 Å². The minimum atomic E-state index is -0.0568. The second-order valence-corrected chi connectivity index (χ2v) is 9.51. The molecule has 32 heavy (non-hydrogen) atoms. The number of nitrogens with zero attached hydrogens (tertiary/aromatic N) is 2. The number of hydrogen-bond donors (Lipinski definition) is 1. The molecule has 1 unspecified atom stereocenters. The van der Waals surface area contributed by atoms with Gasteiger partial charge in [-0.15, -0.1) is 11.3 Å². The van der Waals surface area contributed by atoms with Crippen LogP contribution in [0.3, 0.4) is 0 Å². The van der Waals surface area contributed by atoms with Gasteiger partial charge in [0.25, 0.3) is 0 Å². The Labute approximate surface area is 194 Å². The lowest BCUT2D eigenvalue weighted by atomic mass is 10.0. The molecule has 0 radical (unpaired) electrons. The Morgan fingerprint density at radius 3 is 2.69 bits per heavy atom. The molecule has 0 spiro atoms. The summed E-state index contributed by atoms with van der Waals surface area (Å²) in [4.78, 5) is 19.5. The first-order valence-corrected chi connectivity index (χ1v) is 12.2. The molecule has 1 atom stereocenters. The quantitative estimate of drug-likeness (QED) is 0.487. The number of amides is 1. The Morgan fingerprint density at radius 2 is 1.94 bits per heavy atom. The van der Waals surface area contributed by atoms with Crippen molar-refractivity contribution >= 4 is 22.9 Å². The summed E-state index contributed by atoms with van der Waals surface area (Å²) in [6.07, 6.45) is 4.16. The number of aryl methyl sites for hydroxylation is 1. The summed E-state index contributed by atoms with van der Waals surface area (Å²) < 4.78 is 5.78. The number of benzene rings is 2. The third-order valence-electron chi connectivity index (χ3n) is 5.89. The number of ether oxygens (including phenoxy) is 1. The zero-order valence-electron chi connectivity index (χ0n) is 18.8. The fraction of sp³-hybridized carbons (Fsp3) is 0.385. The third-order valence-corrected chi connectivity index (χ3v) is 6.76. The van der Waals surface area contributed by atoms with Crippen LogP contribution in [0.25, 0.3) is 0 Å². The summed E-state index contributed by atoms with van der Waals surface area (Å²) in [5, 5.41) is 5.78. The van der Waals surface area contributed by atoms with Crippen molar-refractivity contribution in [2.45, 2.75) is 58.7 Å². The summed E-state index contributed by atoms with van der Waals surface area (Å²) >= 11 is 1.52. The molecule has 168 valence electrons. The van der Waals surface area contributed by atoms with Gasteiger partial charge in [0.1, 0.15) is 17.4 Å². The van der Waals surface area contributed by atoms with Gasteiger partial charge in [0.15, 0.2) is 0 Å². The highest BCUT2D eigenvalue weighted by Crippen LogP contribution is 2.20. The van der Waals surface area contributed by atoms with Gasteiger partial charge >= 0.3 is 0 Å². The monoisotopic (exact) mass is 449 g/mol. The van der Waals surface area contributed by atoms with E-state index in [0.717, 1.165) is 28.7 Å². The molecule has 4 rings (SSSR count). The van der Waals surface area contributed by atoms with Gasteiger partial charge in [-0.05, 0) is 63.1 Å². The van der Waals surface area contributed by atoms with E-state index in [1.54, 1.807) is 0 Å². The molecule has 2 heterocycles. The number of aromatic nitrogens is 1. The first-order valence-electron chi connectivity index (χ1n) is 11.3. The van der Waals surface area contributed by atoms with Gasteiger partial charge in [-0.3, -0.25) is 9.69 Å². The van der Waals surface area contributed by atoms with E-state index in [1.165, 1.54) is 48.3 Å². The summed E-state index contributed by atoms with van der Waals surface area (Å²) in [7, 11) is 0. The fourth-order valence-corrected chi connectivity index (χ4v) is 4.67. The summed E-state index contributed by atoms with van der Waals surface area (Å²) in [6, 6.07) is 16.8. The fourth-order valence-electron chi connectivity index (χ4n) is 3.97. The summed E-state index contributed by atoms with van der Waals surface area (Å²) in [5.74, 6) is 0.766. The van der Waals surface area contributed by atoms with Crippen molar-refractivity contribution in [1.29, 1.82) is 0 Å². The van der Waals surface area contributed by atoms with E-state index in [-0.39, 0.29) is 12.3 Å². The number of carbonyl (C=O) groups excluding carboxylic acids is 1. The van der Waals surface area contributed by atoms with Crippen molar-refractivity contribution < 1.29 is 9.53 Å². The minimum Gasteiger partial charge on any atom is -0.486 e. The van der Waals surface area contributed by atoms with Crippen molar-refractivity contribution in [2.75, 3.05) is 11.9 Å². The third kappa shape index (κ3) is 6.40. The van der Waals surface area contributed by atoms with Crippen LogP contribution in [0.4, 0.5) is 5.69 Å². The van der Waals surface area contributed by atoms with Gasteiger partial charge in [0.2, 0.25) is 5.91 Å². The zero-order valence-corrected chi connectivity index (χ0v) is 19.7. The Kier molecular flexibility index (Phi) is 7.55. The van der Waals surface area contributed by atoms with Crippen LogP contribution >= 0.6 is 11.3 Å². The molecule has 0 aliphatic carbocycles. The number of carbonyl (C=O) groups is 1. The molecular weight excluding hydrogens is 418 g/mol. The highest BCUT2D eigenvalue weighted by molar-refractivity contribution is 7.09.